The average Bonchev–Trinajstić information content (AvgIpc) is 3.06. The molecule has 1 heterocycles. The third-order valence-electron chi connectivity index (χ3n) is 5.58. The fraction of sp³-hybridized carbons (Fsp3) is 0.296. The van der Waals surface area contributed by atoms with Crippen molar-refractivity contribution in [2.45, 2.75) is 46.6 Å². The maximum atomic E-state index is 5.99. The molecule has 3 nitrogen and oxygen atoms in total. The Hall–Kier alpha value is -3.07. The minimum absolute atomic E-state index is 0.739. The fourth-order valence-corrected chi connectivity index (χ4v) is 4.07. The van der Waals surface area contributed by atoms with Crippen molar-refractivity contribution in [1.82, 2.24) is 9.55 Å². The van der Waals surface area contributed by atoms with Crippen LogP contribution in [0, 0.1) is 20.8 Å². The van der Waals surface area contributed by atoms with E-state index < -0.39 is 0 Å². The first-order chi connectivity index (χ1) is 14.6. The maximum absolute atomic E-state index is 5.99. The van der Waals surface area contributed by atoms with Gasteiger partial charge in [0.05, 0.1) is 17.6 Å². The van der Waals surface area contributed by atoms with Crippen molar-refractivity contribution >= 4 is 11.0 Å². The summed E-state index contributed by atoms with van der Waals surface area (Å²) in [4.78, 5) is 4.95. The summed E-state index contributed by atoms with van der Waals surface area (Å²) in [5, 5.41) is 0. The van der Waals surface area contributed by atoms with Crippen LogP contribution in [0.3, 0.4) is 0 Å². The second kappa shape index (κ2) is 9.17. The lowest BCUT2D eigenvalue weighted by Gasteiger charge is -2.12. The minimum Gasteiger partial charge on any atom is -0.494 e. The lowest BCUT2D eigenvalue weighted by molar-refractivity contribution is 0.303. The maximum Gasteiger partial charge on any atom is 0.119 e. The van der Waals surface area contributed by atoms with Crippen LogP contribution in [0.5, 0.6) is 5.75 Å². The first kappa shape index (κ1) is 20.2. The van der Waals surface area contributed by atoms with Gasteiger partial charge in [0.2, 0.25) is 0 Å². The number of unbranched alkanes of at least 4 members (excludes halogenated alkanes) is 1. The summed E-state index contributed by atoms with van der Waals surface area (Å²) >= 11 is 0. The quantitative estimate of drug-likeness (QED) is 0.321. The number of nitrogens with zero attached hydrogens (tertiary/aromatic N) is 2. The standard InChI is InChI=1S/C27H30N2O/c1-20-16-21(2)18-24(17-20)30-15-9-8-14-29-26-13-7-6-12-25(26)28-27(29)19-23-11-5-4-10-22(23)3/h4-7,10-13,16-18H,8-9,14-15,19H2,1-3H3. The van der Waals surface area contributed by atoms with Crippen molar-refractivity contribution in [2.24, 2.45) is 0 Å². The molecule has 3 aromatic carbocycles. The third-order valence-corrected chi connectivity index (χ3v) is 5.58. The molecule has 1 aromatic heterocycles. The highest BCUT2D eigenvalue weighted by molar-refractivity contribution is 5.76. The van der Waals surface area contributed by atoms with Gasteiger partial charge in [-0.3, -0.25) is 0 Å². The number of ether oxygens (including phenoxy) is 1. The number of benzene rings is 3. The summed E-state index contributed by atoms with van der Waals surface area (Å²) in [6, 6.07) is 23.4. The number of hydrogen-bond acceptors (Lipinski definition) is 2. The summed E-state index contributed by atoms with van der Waals surface area (Å²) in [6.07, 6.45) is 2.94. The van der Waals surface area contributed by atoms with E-state index in [9.17, 15) is 0 Å². The lowest BCUT2D eigenvalue weighted by Crippen LogP contribution is -2.07. The van der Waals surface area contributed by atoms with Gasteiger partial charge in [-0.15, -0.1) is 0 Å². The number of imidazole rings is 1. The Morgan fingerprint density at radius 1 is 0.833 bits per heavy atom. The predicted molar refractivity (Wildman–Crippen MR) is 124 cm³/mol. The van der Waals surface area contributed by atoms with E-state index in [4.69, 9.17) is 9.72 Å². The topological polar surface area (TPSA) is 27.1 Å². The van der Waals surface area contributed by atoms with Crippen LogP contribution in [0.2, 0.25) is 0 Å². The highest BCUT2D eigenvalue weighted by Gasteiger charge is 2.12. The molecule has 0 amide bonds. The van der Waals surface area contributed by atoms with E-state index in [-0.39, 0.29) is 0 Å². The van der Waals surface area contributed by atoms with Gasteiger partial charge < -0.3 is 9.30 Å². The van der Waals surface area contributed by atoms with Crippen molar-refractivity contribution in [3.05, 3.63) is 94.8 Å². The van der Waals surface area contributed by atoms with E-state index in [1.165, 1.54) is 27.8 Å². The first-order valence-electron chi connectivity index (χ1n) is 10.8. The Labute approximate surface area is 179 Å². The molecular weight excluding hydrogens is 368 g/mol. The van der Waals surface area contributed by atoms with Gasteiger partial charge in [-0.05, 0) is 80.1 Å². The van der Waals surface area contributed by atoms with Crippen LogP contribution < -0.4 is 4.74 Å². The molecule has 0 unspecified atom stereocenters. The number of fused-ring (bicyclic) bond motifs is 1. The molecule has 3 heteroatoms. The van der Waals surface area contributed by atoms with Gasteiger partial charge >= 0.3 is 0 Å². The van der Waals surface area contributed by atoms with Crippen molar-refractivity contribution in [2.75, 3.05) is 6.61 Å². The normalized spacial score (nSPS) is 11.2. The lowest BCUT2D eigenvalue weighted by atomic mass is 10.1. The Balaban J connectivity index is 1.43. The van der Waals surface area contributed by atoms with Gasteiger partial charge in [0.25, 0.3) is 0 Å². The highest BCUT2D eigenvalue weighted by Crippen LogP contribution is 2.21. The van der Waals surface area contributed by atoms with Crippen LogP contribution in [0.1, 0.15) is 40.9 Å². The SMILES string of the molecule is Cc1cc(C)cc(OCCCCn2c(Cc3ccccc3C)nc3ccccc32)c1. The molecular formula is C27H30N2O. The smallest absolute Gasteiger partial charge is 0.119 e. The van der Waals surface area contributed by atoms with Gasteiger partial charge in [-0.1, -0.05) is 42.5 Å². The molecule has 30 heavy (non-hydrogen) atoms. The average molecular weight is 399 g/mol. The van der Waals surface area contributed by atoms with Gasteiger partial charge in [-0.25, -0.2) is 4.98 Å². The van der Waals surface area contributed by atoms with Gasteiger partial charge in [0.1, 0.15) is 11.6 Å². The van der Waals surface area contributed by atoms with Gasteiger partial charge in [0.15, 0.2) is 0 Å². The molecule has 0 fully saturated rings. The van der Waals surface area contributed by atoms with Crippen molar-refractivity contribution in [3.63, 3.8) is 0 Å². The third kappa shape index (κ3) is 4.73. The zero-order chi connectivity index (χ0) is 20.9. The Kier molecular flexibility index (Phi) is 6.18. The van der Waals surface area contributed by atoms with Gasteiger partial charge in [-0.2, -0.15) is 0 Å². The molecule has 0 spiro atoms. The van der Waals surface area contributed by atoms with E-state index in [1.807, 2.05) is 0 Å². The number of hydrogen-bond donors (Lipinski definition) is 0. The summed E-state index contributed by atoms with van der Waals surface area (Å²) in [5.74, 6) is 2.11. The second-order valence-corrected chi connectivity index (χ2v) is 8.15. The van der Waals surface area contributed by atoms with Crippen LogP contribution in [-0.4, -0.2) is 16.2 Å². The zero-order valence-corrected chi connectivity index (χ0v) is 18.2. The number of aryl methyl sites for hydroxylation is 4. The molecule has 0 aliphatic rings. The molecule has 0 saturated carbocycles. The molecule has 0 radical (unpaired) electrons. The van der Waals surface area contributed by atoms with Crippen LogP contribution in [-0.2, 0) is 13.0 Å². The molecule has 0 saturated heterocycles. The highest BCUT2D eigenvalue weighted by atomic mass is 16.5. The van der Waals surface area contributed by atoms with E-state index in [0.717, 1.165) is 49.5 Å². The first-order valence-corrected chi connectivity index (χ1v) is 10.8. The van der Waals surface area contributed by atoms with Crippen LogP contribution in [0.25, 0.3) is 11.0 Å². The van der Waals surface area contributed by atoms with Crippen LogP contribution >= 0.6 is 0 Å². The largest absolute Gasteiger partial charge is 0.494 e. The van der Waals surface area contributed by atoms with Crippen LogP contribution in [0.15, 0.2) is 66.7 Å². The Bertz CT molecular complexity index is 1120. The molecule has 154 valence electrons. The number of rotatable bonds is 8. The molecule has 0 aliphatic carbocycles. The molecule has 0 bridgehead atoms. The van der Waals surface area contributed by atoms with Crippen molar-refractivity contribution < 1.29 is 4.74 Å². The fourth-order valence-electron chi connectivity index (χ4n) is 4.07. The summed E-state index contributed by atoms with van der Waals surface area (Å²) in [5.41, 5.74) is 7.44. The Morgan fingerprint density at radius 3 is 2.37 bits per heavy atom. The molecule has 0 atom stereocenters. The Morgan fingerprint density at radius 2 is 1.57 bits per heavy atom. The van der Waals surface area contributed by atoms with E-state index in [0.29, 0.717) is 0 Å². The molecule has 4 rings (SSSR count). The van der Waals surface area contributed by atoms with Crippen LogP contribution in [0.4, 0.5) is 0 Å². The monoisotopic (exact) mass is 398 g/mol. The second-order valence-electron chi connectivity index (χ2n) is 8.15. The van der Waals surface area contributed by atoms with Crippen molar-refractivity contribution in [3.8, 4) is 5.75 Å². The summed E-state index contributed by atoms with van der Waals surface area (Å²) in [6.45, 7) is 8.09. The van der Waals surface area contributed by atoms with E-state index in [1.54, 1.807) is 0 Å². The predicted octanol–water partition coefficient (Wildman–Crippen LogP) is 6.41. The molecule has 0 N–H and O–H groups in total. The number of aromatic nitrogens is 2. The summed E-state index contributed by atoms with van der Waals surface area (Å²) in [7, 11) is 0. The minimum atomic E-state index is 0.739. The van der Waals surface area contributed by atoms with E-state index >= 15 is 0 Å². The molecule has 0 aliphatic heterocycles. The zero-order valence-electron chi connectivity index (χ0n) is 18.2. The van der Waals surface area contributed by atoms with Gasteiger partial charge in [0, 0.05) is 13.0 Å². The van der Waals surface area contributed by atoms with Crippen molar-refractivity contribution in [1.29, 1.82) is 0 Å². The number of para-hydroxylation sites is 2. The molecule has 4 aromatic rings. The van der Waals surface area contributed by atoms with E-state index in [2.05, 4.69) is 92.1 Å². The summed E-state index contributed by atoms with van der Waals surface area (Å²) < 4.78 is 8.38.